The molecule has 256 valence electrons. The summed E-state index contributed by atoms with van der Waals surface area (Å²) < 4.78 is 63.5. The summed E-state index contributed by atoms with van der Waals surface area (Å²) in [4.78, 5) is 52.6. The van der Waals surface area contributed by atoms with Crippen molar-refractivity contribution in [1.29, 1.82) is 5.26 Å². The van der Waals surface area contributed by atoms with E-state index in [1.54, 1.807) is 31.4 Å². The maximum Gasteiger partial charge on any atom is 0.490 e. The van der Waals surface area contributed by atoms with Crippen LogP contribution in [0.1, 0.15) is 18.4 Å². The first-order chi connectivity index (χ1) is 21.9. The van der Waals surface area contributed by atoms with Crippen LogP contribution in [0.25, 0.3) is 0 Å². The Kier molecular flexibility index (Phi) is 16.1. The molecule has 0 fully saturated rings. The third-order valence-corrected chi connectivity index (χ3v) is 5.59. The molecule has 0 bridgehead atoms. The second kappa shape index (κ2) is 19.2. The van der Waals surface area contributed by atoms with Gasteiger partial charge in [0.2, 0.25) is 11.9 Å². The number of carboxylic acids is 2. The van der Waals surface area contributed by atoms with Gasteiger partial charge in [-0.3, -0.25) is 14.9 Å². The van der Waals surface area contributed by atoms with Crippen LogP contribution in [0.4, 0.5) is 37.8 Å². The van der Waals surface area contributed by atoms with Crippen LogP contribution in [0.3, 0.4) is 0 Å². The summed E-state index contributed by atoms with van der Waals surface area (Å²) in [6.45, 7) is 2.22. The quantitative estimate of drug-likeness (QED) is 0.159. The van der Waals surface area contributed by atoms with Crippen molar-refractivity contribution in [3.8, 4) is 6.07 Å². The number of carboxylic acid groups (broad SMARTS) is 2. The summed E-state index contributed by atoms with van der Waals surface area (Å²) in [7, 11) is 1.62. The molecule has 1 atom stereocenters. The lowest BCUT2D eigenvalue weighted by Gasteiger charge is -2.29. The number of amides is 2. The van der Waals surface area contributed by atoms with E-state index in [4.69, 9.17) is 25.1 Å². The lowest BCUT2D eigenvalue weighted by atomic mass is 10.2. The second-order valence-corrected chi connectivity index (χ2v) is 9.12. The van der Waals surface area contributed by atoms with Gasteiger partial charge in [0.25, 0.3) is 5.91 Å². The minimum Gasteiger partial charge on any atom is -0.475 e. The number of rotatable bonds is 10. The Hall–Kier alpha value is -5.45. The van der Waals surface area contributed by atoms with Gasteiger partial charge in [-0.05, 0) is 43.3 Å². The minimum atomic E-state index is -5.08. The molecule has 1 aliphatic rings. The molecule has 2 heterocycles. The monoisotopic (exact) mass is 676 g/mol. The maximum absolute atomic E-state index is 12.5. The number of anilines is 2. The Morgan fingerprint density at radius 3 is 2.19 bits per heavy atom. The fourth-order valence-electron chi connectivity index (χ4n) is 3.24. The average Bonchev–Trinajstić information content (AvgIpc) is 3.00. The molecule has 20 heteroatoms. The molecule has 0 spiro atoms. The first-order valence-electron chi connectivity index (χ1n) is 13.3. The Bertz CT molecular complexity index is 1390. The fraction of sp³-hybridized carbons (Fsp3) is 0.370. The topological polar surface area (TPSA) is 209 Å². The van der Waals surface area contributed by atoms with E-state index in [2.05, 4.69) is 37.3 Å². The molecule has 2 amide bonds. The third-order valence-electron chi connectivity index (χ3n) is 5.59. The number of hydrogen-bond donors (Lipinski definition) is 6. The normalized spacial score (nSPS) is 14.0. The number of likely N-dealkylation sites (N-methyl/N-ethyl adjacent to an activating group) is 1. The zero-order valence-corrected chi connectivity index (χ0v) is 24.5. The van der Waals surface area contributed by atoms with Crippen LogP contribution < -0.4 is 21.3 Å². The highest BCUT2D eigenvalue weighted by Crippen LogP contribution is 2.14. The molecular weight excluding hydrogens is 646 g/mol. The van der Waals surface area contributed by atoms with Crippen LogP contribution in [-0.4, -0.2) is 101 Å². The SMILES string of the molecule is CN(C(=O)CCNCCCNc1cccc(C#N)c1)C1CN=C(Nc2ccccn2)NC1=O.O=C(O)C(F)(F)F.O=C(O)C(F)(F)F. The second-order valence-electron chi connectivity index (χ2n) is 9.12. The van der Waals surface area contributed by atoms with Gasteiger partial charge >= 0.3 is 24.3 Å². The van der Waals surface area contributed by atoms with Gasteiger partial charge in [0.15, 0.2) is 0 Å². The molecule has 47 heavy (non-hydrogen) atoms. The fourth-order valence-corrected chi connectivity index (χ4v) is 3.24. The molecule has 0 saturated carbocycles. The van der Waals surface area contributed by atoms with E-state index in [9.17, 15) is 35.9 Å². The predicted octanol–water partition coefficient (Wildman–Crippen LogP) is 2.43. The summed E-state index contributed by atoms with van der Waals surface area (Å²) >= 11 is 0. The minimum absolute atomic E-state index is 0.120. The number of carbonyl (C=O) groups is 4. The number of halogens is 6. The van der Waals surface area contributed by atoms with E-state index in [0.717, 1.165) is 25.2 Å². The predicted molar refractivity (Wildman–Crippen MR) is 154 cm³/mol. The van der Waals surface area contributed by atoms with E-state index in [1.807, 2.05) is 24.3 Å². The van der Waals surface area contributed by atoms with Crippen molar-refractivity contribution in [2.24, 2.45) is 4.99 Å². The Morgan fingerprint density at radius 2 is 1.66 bits per heavy atom. The van der Waals surface area contributed by atoms with Gasteiger partial charge in [-0.2, -0.15) is 31.6 Å². The van der Waals surface area contributed by atoms with Crippen molar-refractivity contribution in [3.05, 3.63) is 54.2 Å². The number of carbonyl (C=O) groups excluding carboxylic acids is 2. The number of aromatic nitrogens is 1. The van der Waals surface area contributed by atoms with Crippen molar-refractivity contribution in [2.75, 3.05) is 43.9 Å². The zero-order valence-electron chi connectivity index (χ0n) is 24.5. The van der Waals surface area contributed by atoms with Crippen LogP contribution in [-0.2, 0) is 19.2 Å². The van der Waals surface area contributed by atoms with E-state index in [0.29, 0.717) is 30.3 Å². The molecule has 2 aromatic rings. The van der Waals surface area contributed by atoms with E-state index < -0.39 is 30.3 Å². The van der Waals surface area contributed by atoms with Gasteiger partial charge in [0, 0.05) is 38.4 Å². The smallest absolute Gasteiger partial charge is 0.475 e. The number of nitriles is 1. The van der Waals surface area contributed by atoms with E-state index in [1.165, 1.54) is 4.90 Å². The summed E-state index contributed by atoms with van der Waals surface area (Å²) in [5.74, 6) is -5.01. The summed E-state index contributed by atoms with van der Waals surface area (Å²) in [5.41, 5.74) is 1.54. The van der Waals surface area contributed by atoms with Crippen molar-refractivity contribution >= 4 is 41.2 Å². The lowest BCUT2D eigenvalue weighted by Crippen LogP contribution is -2.55. The molecule has 6 N–H and O–H groups in total. The van der Waals surface area contributed by atoms with Crippen LogP contribution in [0, 0.1) is 11.3 Å². The highest BCUT2D eigenvalue weighted by atomic mass is 19.4. The number of pyridine rings is 1. The number of aliphatic imine (C=N–C) groups is 1. The highest BCUT2D eigenvalue weighted by Gasteiger charge is 2.39. The number of benzene rings is 1. The number of guanidine groups is 1. The molecule has 3 rings (SSSR count). The molecule has 14 nitrogen and oxygen atoms in total. The number of nitrogens with zero attached hydrogens (tertiary/aromatic N) is 4. The van der Waals surface area contributed by atoms with Gasteiger partial charge in [-0.25, -0.2) is 19.6 Å². The van der Waals surface area contributed by atoms with Crippen molar-refractivity contribution in [1.82, 2.24) is 20.5 Å². The Labute approximate surface area is 263 Å². The van der Waals surface area contributed by atoms with Gasteiger partial charge in [-0.15, -0.1) is 0 Å². The molecule has 0 radical (unpaired) electrons. The van der Waals surface area contributed by atoms with Crippen molar-refractivity contribution in [3.63, 3.8) is 0 Å². The Morgan fingerprint density at radius 1 is 1.02 bits per heavy atom. The molecular formula is C27H30F6N8O6. The molecule has 1 unspecified atom stereocenters. The van der Waals surface area contributed by atoms with Crippen LogP contribution >= 0.6 is 0 Å². The summed E-state index contributed by atoms with van der Waals surface area (Å²) in [6, 6.07) is 14.2. The van der Waals surface area contributed by atoms with E-state index in [-0.39, 0.29) is 18.4 Å². The van der Waals surface area contributed by atoms with Gasteiger partial charge in [0.05, 0.1) is 18.2 Å². The third kappa shape index (κ3) is 15.9. The number of aliphatic carboxylic acids is 2. The Balaban J connectivity index is 0.000000658. The van der Waals surface area contributed by atoms with Gasteiger partial charge in [0.1, 0.15) is 11.9 Å². The first-order valence-corrected chi connectivity index (χ1v) is 13.3. The number of nitrogens with one attached hydrogen (secondary N) is 4. The first kappa shape index (κ1) is 39.6. The summed E-state index contributed by atoms with van der Waals surface area (Å²) in [6.07, 6.45) is -7.37. The summed E-state index contributed by atoms with van der Waals surface area (Å²) in [5, 5.41) is 35.3. The zero-order chi connectivity index (χ0) is 35.6. The molecule has 1 aromatic heterocycles. The van der Waals surface area contributed by atoms with Crippen molar-refractivity contribution < 1.29 is 55.7 Å². The molecule has 1 aliphatic heterocycles. The van der Waals surface area contributed by atoms with Crippen LogP contribution in [0.15, 0.2) is 53.7 Å². The molecule has 0 saturated heterocycles. The van der Waals surface area contributed by atoms with Crippen LogP contribution in [0.2, 0.25) is 0 Å². The van der Waals surface area contributed by atoms with Crippen molar-refractivity contribution in [2.45, 2.75) is 31.2 Å². The largest absolute Gasteiger partial charge is 0.490 e. The number of hydrogen-bond acceptors (Lipinski definition) is 10. The standard InChI is InChI=1S/C23H28N8O2.2C2HF3O2/c1-31(19-16-28-23(30-22(19)33)29-20-8-2-3-11-27-20)21(32)9-13-25-10-5-12-26-18-7-4-6-17(14-18)15-24;2*3-2(4,5)1(6)7/h2-4,6-8,11,14,19,25-26H,5,9-10,12-13,16H2,1H3,(H2,27,28,29,30,33);2*(H,6,7). The maximum atomic E-state index is 12.5. The molecule has 0 aliphatic carbocycles. The number of alkyl halides is 6. The van der Waals surface area contributed by atoms with E-state index >= 15 is 0 Å². The van der Waals surface area contributed by atoms with Crippen LogP contribution in [0.5, 0.6) is 0 Å². The average molecular weight is 677 g/mol. The highest BCUT2D eigenvalue weighted by molar-refractivity contribution is 6.07. The molecule has 1 aromatic carbocycles. The lowest BCUT2D eigenvalue weighted by molar-refractivity contribution is -0.193. The van der Waals surface area contributed by atoms with Gasteiger partial charge < -0.3 is 31.1 Å². The van der Waals surface area contributed by atoms with Gasteiger partial charge in [-0.1, -0.05) is 12.1 Å².